The molecule has 71 heavy (non-hydrogen) atoms. The Balaban J connectivity index is 1.11. The fourth-order valence-electron chi connectivity index (χ4n) is 10.5. The van der Waals surface area contributed by atoms with E-state index < -0.39 is 0 Å². The first kappa shape index (κ1) is 55.6. The fraction of sp³-hybridized carbons (Fsp3) is 0.603. The minimum atomic E-state index is -0.183. The van der Waals surface area contributed by atoms with Gasteiger partial charge >= 0.3 is 5.97 Å². The summed E-state index contributed by atoms with van der Waals surface area (Å²) in [6.07, 6.45) is 38.7. The number of ether oxygens (including phenoxy) is 3. The largest absolute Gasteiger partial charge is 0.492 e. The highest BCUT2D eigenvalue weighted by atomic mass is 32.1. The summed E-state index contributed by atoms with van der Waals surface area (Å²) in [4.78, 5) is 19.2. The summed E-state index contributed by atoms with van der Waals surface area (Å²) in [6, 6.07) is 16.3. The van der Waals surface area contributed by atoms with Crippen molar-refractivity contribution < 1.29 is 19.0 Å². The van der Waals surface area contributed by atoms with E-state index in [4.69, 9.17) is 14.2 Å². The zero-order valence-corrected chi connectivity index (χ0v) is 47.9. The number of hydrogen-bond donors (Lipinski definition) is 0. The summed E-state index contributed by atoms with van der Waals surface area (Å²) in [5.41, 5.74) is 0. The normalized spacial score (nSPS) is 12.0. The number of unbranched alkanes of at least 4 members (excludes halogenated alkanes) is 27. The molecule has 0 bridgehead atoms. The Labute approximate surface area is 444 Å². The molecule has 4 heterocycles. The fourth-order valence-corrected chi connectivity index (χ4v) is 15.1. The SMILES string of the molecule is CCCCCCCCCCCCOC(=O)c1cc2c(C)sc(-c3cc4cc5c(OCCCCCCCCCCCC)c6cc7sc(C)cc7cc6c(OCCCCCCCCCCCC)c5cc4s3)c2s1. The molecular weight excluding hydrogens is 949 g/mol. The van der Waals surface area contributed by atoms with E-state index in [-0.39, 0.29) is 5.97 Å². The molecule has 0 atom stereocenters. The first-order valence-corrected chi connectivity index (χ1v) is 32.0. The van der Waals surface area contributed by atoms with Crippen LogP contribution in [0, 0.1) is 13.8 Å². The molecule has 3 aromatic carbocycles. The number of esters is 1. The maximum atomic E-state index is 13.4. The summed E-state index contributed by atoms with van der Waals surface area (Å²) in [7, 11) is 0. The van der Waals surface area contributed by atoms with Gasteiger partial charge < -0.3 is 14.2 Å². The first-order chi connectivity index (χ1) is 34.9. The van der Waals surface area contributed by atoms with Crippen molar-refractivity contribution in [2.45, 2.75) is 227 Å². The average Bonchev–Trinajstić information content (AvgIpc) is 4.16. The van der Waals surface area contributed by atoms with Gasteiger partial charge in [-0.1, -0.05) is 194 Å². The van der Waals surface area contributed by atoms with Gasteiger partial charge in [0, 0.05) is 51.0 Å². The molecule has 0 radical (unpaired) electrons. The Morgan fingerprint density at radius 1 is 0.408 bits per heavy atom. The maximum Gasteiger partial charge on any atom is 0.348 e. The molecule has 4 nitrogen and oxygen atoms in total. The van der Waals surface area contributed by atoms with Crippen LogP contribution in [-0.2, 0) is 4.74 Å². The van der Waals surface area contributed by atoms with E-state index >= 15 is 0 Å². The smallest absolute Gasteiger partial charge is 0.348 e. The predicted octanol–water partition coefficient (Wildman–Crippen LogP) is 22.7. The highest BCUT2D eigenvalue weighted by Crippen LogP contribution is 2.50. The van der Waals surface area contributed by atoms with Gasteiger partial charge in [0.25, 0.3) is 0 Å². The Hall–Kier alpha value is -3.17. The summed E-state index contributed by atoms with van der Waals surface area (Å²) in [6.45, 7) is 13.2. The average molecular weight is 1040 g/mol. The van der Waals surface area contributed by atoms with Crippen LogP contribution in [0.5, 0.6) is 11.5 Å². The monoisotopic (exact) mass is 1040 g/mol. The molecule has 0 N–H and O–H groups in total. The lowest BCUT2D eigenvalue weighted by Crippen LogP contribution is -2.04. The van der Waals surface area contributed by atoms with Crippen LogP contribution in [0.2, 0.25) is 0 Å². The van der Waals surface area contributed by atoms with Crippen LogP contribution in [0.15, 0.2) is 42.5 Å². The maximum absolute atomic E-state index is 13.4. The van der Waals surface area contributed by atoms with E-state index in [1.165, 1.54) is 217 Å². The molecule has 7 aromatic rings. The molecule has 0 amide bonds. The molecule has 8 heteroatoms. The molecule has 0 aliphatic carbocycles. The second-order valence-corrected chi connectivity index (χ2v) is 25.4. The third kappa shape index (κ3) is 16.2. The van der Waals surface area contributed by atoms with Crippen LogP contribution < -0.4 is 9.47 Å². The molecular formula is C63H88O4S4. The summed E-state index contributed by atoms with van der Waals surface area (Å²) < 4.78 is 23.7. The quantitative estimate of drug-likeness (QED) is 0.0221. The number of aryl methyl sites for hydroxylation is 2. The van der Waals surface area contributed by atoms with Crippen LogP contribution >= 0.6 is 45.3 Å². The van der Waals surface area contributed by atoms with E-state index in [1.54, 1.807) is 11.3 Å². The van der Waals surface area contributed by atoms with Gasteiger partial charge in [-0.3, -0.25) is 0 Å². The molecule has 4 aromatic heterocycles. The molecule has 388 valence electrons. The van der Waals surface area contributed by atoms with Crippen LogP contribution in [0.4, 0.5) is 0 Å². The number of fused-ring (bicyclic) bond motifs is 5. The number of hydrogen-bond acceptors (Lipinski definition) is 8. The number of carbonyl (C=O) groups excluding carboxylic acids is 1. The van der Waals surface area contributed by atoms with Gasteiger partial charge in [-0.05, 0) is 86.3 Å². The Morgan fingerprint density at radius 3 is 1.30 bits per heavy atom. The van der Waals surface area contributed by atoms with E-state index in [2.05, 4.69) is 77.1 Å². The molecule has 0 saturated heterocycles. The van der Waals surface area contributed by atoms with Gasteiger partial charge in [-0.25, -0.2) is 4.79 Å². The molecule has 7 rings (SSSR count). The first-order valence-electron chi connectivity index (χ1n) is 28.7. The summed E-state index contributed by atoms with van der Waals surface area (Å²) in [5.74, 6) is 1.81. The molecule has 0 aliphatic rings. The van der Waals surface area contributed by atoms with Crippen LogP contribution in [0.25, 0.3) is 61.6 Å². The number of rotatable bonds is 37. The Bertz CT molecular complexity index is 2560. The van der Waals surface area contributed by atoms with Crippen LogP contribution in [0.1, 0.15) is 233 Å². The van der Waals surface area contributed by atoms with Crippen molar-refractivity contribution in [3.05, 3.63) is 57.1 Å². The zero-order valence-electron chi connectivity index (χ0n) is 44.6. The third-order valence-corrected chi connectivity index (χ3v) is 19.3. The van der Waals surface area contributed by atoms with Crippen molar-refractivity contribution >= 4 is 103 Å². The lowest BCUT2D eigenvalue weighted by molar-refractivity contribution is 0.0503. The predicted molar refractivity (Wildman–Crippen MR) is 317 cm³/mol. The summed E-state index contributed by atoms with van der Waals surface area (Å²) >= 11 is 7.16. The third-order valence-electron chi connectivity index (χ3n) is 14.6. The van der Waals surface area contributed by atoms with E-state index in [9.17, 15) is 4.79 Å². The highest BCUT2D eigenvalue weighted by molar-refractivity contribution is 7.31. The van der Waals surface area contributed by atoms with Gasteiger partial charge in [0.05, 0.1) is 29.4 Å². The van der Waals surface area contributed by atoms with Gasteiger partial charge in [0.2, 0.25) is 0 Å². The van der Waals surface area contributed by atoms with E-state index in [0.717, 1.165) is 58.7 Å². The zero-order chi connectivity index (χ0) is 49.6. The van der Waals surface area contributed by atoms with Crippen LogP contribution in [-0.4, -0.2) is 25.8 Å². The van der Waals surface area contributed by atoms with E-state index in [1.807, 2.05) is 34.0 Å². The van der Waals surface area contributed by atoms with Crippen molar-refractivity contribution in [2.75, 3.05) is 19.8 Å². The Morgan fingerprint density at radius 2 is 0.817 bits per heavy atom. The second kappa shape index (κ2) is 30.3. The number of carbonyl (C=O) groups is 1. The molecule has 0 unspecified atom stereocenters. The van der Waals surface area contributed by atoms with Crippen molar-refractivity contribution in [3.63, 3.8) is 0 Å². The number of benzene rings is 3. The van der Waals surface area contributed by atoms with Crippen molar-refractivity contribution in [3.8, 4) is 21.3 Å². The lowest BCUT2D eigenvalue weighted by Gasteiger charge is -2.19. The van der Waals surface area contributed by atoms with Crippen molar-refractivity contribution in [1.29, 1.82) is 0 Å². The lowest BCUT2D eigenvalue weighted by atomic mass is 9.98. The second-order valence-electron chi connectivity index (χ2n) is 20.7. The summed E-state index contributed by atoms with van der Waals surface area (Å²) in [5, 5.41) is 8.28. The van der Waals surface area contributed by atoms with Crippen molar-refractivity contribution in [1.82, 2.24) is 0 Å². The Kier molecular flexibility index (Phi) is 23.7. The molecule has 0 spiro atoms. The van der Waals surface area contributed by atoms with Gasteiger partial charge in [0.15, 0.2) is 0 Å². The molecule has 0 aliphatic heterocycles. The minimum absolute atomic E-state index is 0.183. The van der Waals surface area contributed by atoms with Crippen molar-refractivity contribution in [2.24, 2.45) is 0 Å². The van der Waals surface area contributed by atoms with Crippen LogP contribution in [0.3, 0.4) is 0 Å². The topological polar surface area (TPSA) is 44.8 Å². The minimum Gasteiger partial charge on any atom is -0.492 e. The number of thiophene rings is 4. The van der Waals surface area contributed by atoms with Gasteiger partial charge in [0.1, 0.15) is 16.4 Å². The molecule has 0 fully saturated rings. The van der Waals surface area contributed by atoms with Gasteiger partial charge in [-0.2, -0.15) is 0 Å². The van der Waals surface area contributed by atoms with E-state index in [0.29, 0.717) is 24.7 Å². The van der Waals surface area contributed by atoms with Gasteiger partial charge in [-0.15, -0.1) is 45.3 Å². The molecule has 0 saturated carbocycles. The highest BCUT2D eigenvalue weighted by Gasteiger charge is 2.23. The standard InChI is InChI=1S/C63H88O4S4/c1-6-9-12-15-18-21-24-27-30-33-36-65-59-51-40-48-39-46(4)68-55(48)44-53(51)60(66-37-34-31-28-25-22-19-16-13-10-7-2)52-41-49-42-57(70-56(49)45-54(52)59)62-61-50(47(5)69-62)43-58(71-61)63(64)67-38-35-32-29-26-23-20-17-14-11-8-3/h39-45H,6-38H2,1-5H3.